The maximum atomic E-state index is 12.6. The van der Waals surface area contributed by atoms with E-state index in [0.717, 1.165) is 0 Å². The van der Waals surface area contributed by atoms with E-state index >= 15 is 0 Å². The van der Waals surface area contributed by atoms with Gasteiger partial charge in [-0.15, -0.1) is 0 Å². The van der Waals surface area contributed by atoms with Crippen molar-refractivity contribution in [2.24, 2.45) is 0 Å². The summed E-state index contributed by atoms with van der Waals surface area (Å²) in [6.45, 7) is 1.35. The quantitative estimate of drug-likeness (QED) is 0.673. The molecule has 1 atom stereocenters. The zero-order chi connectivity index (χ0) is 18.5. The van der Waals surface area contributed by atoms with Crippen LogP contribution in [0, 0.1) is 0 Å². The molecule has 1 aromatic carbocycles. The van der Waals surface area contributed by atoms with Gasteiger partial charge in [-0.25, -0.2) is 4.79 Å². The number of anilines is 2. The zero-order valence-corrected chi connectivity index (χ0v) is 14.2. The number of furan rings is 1. The van der Waals surface area contributed by atoms with Crippen molar-refractivity contribution >= 4 is 35.2 Å². The molecule has 1 aliphatic rings. The summed E-state index contributed by atoms with van der Waals surface area (Å²) in [5.74, 6) is -0.715. The highest BCUT2D eigenvalue weighted by Gasteiger charge is 2.29. The molecule has 7 heteroatoms. The number of esters is 1. The van der Waals surface area contributed by atoms with Gasteiger partial charge in [0, 0.05) is 18.5 Å². The first-order valence-corrected chi connectivity index (χ1v) is 8.14. The summed E-state index contributed by atoms with van der Waals surface area (Å²) in [7, 11) is 0. The minimum absolute atomic E-state index is 0.159. The Morgan fingerprint density at radius 1 is 1.31 bits per heavy atom. The molecule has 0 saturated heterocycles. The van der Waals surface area contributed by atoms with Crippen molar-refractivity contribution in [3.8, 4) is 0 Å². The minimum Gasteiger partial charge on any atom is -0.465 e. The van der Waals surface area contributed by atoms with Crippen LogP contribution in [-0.2, 0) is 19.1 Å². The second-order valence-electron chi connectivity index (χ2n) is 5.84. The van der Waals surface area contributed by atoms with Gasteiger partial charge in [0.05, 0.1) is 17.6 Å². The number of hydrogen-bond donors (Lipinski definition) is 1. The van der Waals surface area contributed by atoms with Gasteiger partial charge in [0.1, 0.15) is 5.76 Å². The molecule has 1 N–H and O–H groups in total. The van der Waals surface area contributed by atoms with Gasteiger partial charge in [0.25, 0.3) is 5.91 Å². The number of ether oxygens (including phenoxy) is 1. The van der Waals surface area contributed by atoms with E-state index in [2.05, 4.69) is 5.32 Å². The maximum Gasteiger partial charge on any atom is 0.331 e. The van der Waals surface area contributed by atoms with Crippen LogP contribution in [0.2, 0.25) is 0 Å². The maximum absolute atomic E-state index is 12.6. The van der Waals surface area contributed by atoms with Gasteiger partial charge in [0.2, 0.25) is 5.91 Å². The Labute approximate surface area is 150 Å². The Morgan fingerprint density at radius 2 is 2.12 bits per heavy atom. The van der Waals surface area contributed by atoms with E-state index in [4.69, 9.17) is 9.15 Å². The zero-order valence-electron chi connectivity index (χ0n) is 14.2. The molecule has 2 aromatic rings. The molecule has 0 bridgehead atoms. The number of benzene rings is 1. The van der Waals surface area contributed by atoms with Crippen molar-refractivity contribution in [1.82, 2.24) is 0 Å². The fourth-order valence-electron chi connectivity index (χ4n) is 2.75. The predicted octanol–water partition coefficient (Wildman–Crippen LogP) is 2.60. The fourth-order valence-corrected chi connectivity index (χ4v) is 2.75. The van der Waals surface area contributed by atoms with Crippen molar-refractivity contribution in [2.45, 2.75) is 19.4 Å². The summed E-state index contributed by atoms with van der Waals surface area (Å²) >= 11 is 0. The van der Waals surface area contributed by atoms with Crippen molar-refractivity contribution < 1.29 is 23.5 Å². The highest BCUT2D eigenvalue weighted by Crippen LogP contribution is 2.31. The van der Waals surface area contributed by atoms with Gasteiger partial charge in [-0.2, -0.15) is 0 Å². The lowest BCUT2D eigenvalue weighted by Gasteiger charge is -2.27. The summed E-state index contributed by atoms with van der Waals surface area (Å²) in [5.41, 5.74) is 1.14. The Hall–Kier alpha value is -3.35. The van der Waals surface area contributed by atoms with E-state index in [9.17, 15) is 14.4 Å². The van der Waals surface area contributed by atoms with E-state index in [0.29, 0.717) is 17.1 Å². The fraction of sp³-hybridized carbons (Fsp3) is 0.211. The summed E-state index contributed by atoms with van der Waals surface area (Å²) in [4.78, 5) is 37.8. The molecule has 3 rings (SSSR count). The molecule has 26 heavy (non-hydrogen) atoms. The Balaban J connectivity index is 1.68. The lowest BCUT2D eigenvalue weighted by Crippen LogP contribution is -2.41. The molecule has 7 nitrogen and oxygen atoms in total. The first-order chi connectivity index (χ1) is 12.5. The van der Waals surface area contributed by atoms with E-state index in [1.165, 1.54) is 23.3 Å². The number of amides is 2. The lowest BCUT2D eigenvalue weighted by molar-refractivity contribution is -0.143. The van der Waals surface area contributed by atoms with Gasteiger partial charge in [-0.05, 0) is 37.3 Å². The molecule has 1 aliphatic heterocycles. The third kappa shape index (κ3) is 4.00. The number of nitrogens with one attached hydrogen (secondary N) is 1. The van der Waals surface area contributed by atoms with Crippen LogP contribution in [0.15, 0.2) is 53.2 Å². The second kappa shape index (κ2) is 7.69. The summed E-state index contributed by atoms with van der Waals surface area (Å²) < 4.78 is 10.1. The topological polar surface area (TPSA) is 88.9 Å². The van der Waals surface area contributed by atoms with E-state index in [1.807, 2.05) is 0 Å². The number of nitrogens with zero attached hydrogens (tertiary/aromatic N) is 1. The van der Waals surface area contributed by atoms with Crippen LogP contribution in [0.25, 0.3) is 6.08 Å². The van der Waals surface area contributed by atoms with Gasteiger partial charge < -0.3 is 19.4 Å². The molecule has 2 heterocycles. The van der Waals surface area contributed by atoms with Crippen molar-refractivity contribution in [1.29, 1.82) is 0 Å². The number of hydrogen-bond acceptors (Lipinski definition) is 5. The van der Waals surface area contributed by atoms with Gasteiger partial charge in [-0.3, -0.25) is 9.59 Å². The number of fused-ring (bicyclic) bond motifs is 1. The summed E-state index contributed by atoms with van der Waals surface area (Å²) in [6.07, 6.45) is 4.30. The monoisotopic (exact) mass is 354 g/mol. The van der Waals surface area contributed by atoms with Gasteiger partial charge >= 0.3 is 5.97 Å². The predicted molar refractivity (Wildman–Crippen MR) is 95.3 cm³/mol. The minimum atomic E-state index is -0.653. The number of para-hydroxylation sites is 2. The van der Waals surface area contributed by atoms with E-state index < -0.39 is 18.5 Å². The van der Waals surface area contributed by atoms with Crippen LogP contribution in [-0.4, -0.2) is 30.4 Å². The molecule has 0 saturated carbocycles. The van der Waals surface area contributed by atoms with Crippen molar-refractivity contribution in [3.05, 3.63) is 54.5 Å². The molecular formula is C19H18N2O5. The molecule has 134 valence electrons. The first kappa shape index (κ1) is 17.5. The van der Waals surface area contributed by atoms with Gasteiger partial charge in [0.15, 0.2) is 6.61 Å². The normalized spacial score (nSPS) is 16.7. The van der Waals surface area contributed by atoms with Crippen LogP contribution in [0.1, 0.15) is 19.1 Å². The Bertz CT molecular complexity index is 841. The molecule has 2 amide bonds. The lowest BCUT2D eigenvalue weighted by atomic mass is 10.1. The second-order valence-corrected chi connectivity index (χ2v) is 5.84. The third-order valence-electron chi connectivity index (χ3n) is 3.89. The third-order valence-corrected chi connectivity index (χ3v) is 3.89. The van der Waals surface area contributed by atoms with E-state index in [1.54, 1.807) is 43.3 Å². The Morgan fingerprint density at radius 3 is 2.88 bits per heavy atom. The average Bonchev–Trinajstić information content (AvgIpc) is 3.09. The highest BCUT2D eigenvalue weighted by atomic mass is 16.5. The SMILES string of the molecule is CC1CC(=O)Nc2ccccc2N1C(=O)COC(=O)/C=C/c1ccco1. The standard InChI is InChI=1S/C19H18N2O5/c1-13-11-17(22)20-15-6-2-3-7-16(15)21(13)18(23)12-26-19(24)9-8-14-5-4-10-25-14/h2-10,13H,11-12H2,1H3,(H,20,22)/b9-8+. The molecule has 0 aliphatic carbocycles. The highest BCUT2D eigenvalue weighted by molar-refractivity contribution is 6.05. The van der Waals surface area contributed by atoms with Crippen molar-refractivity contribution in [3.63, 3.8) is 0 Å². The van der Waals surface area contributed by atoms with Crippen molar-refractivity contribution in [2.75, 3.05) is 16.8 Å². The molecule has 1 aromatic heterocycles. The van der Waals surface area contributed by atoms with Crippen LogP contribution >= 0.6 is 0 Å². The number of carbonyl (C=O) groups is 3. The number of carbonyl (C=O) groups excluding carboxylic acids is 3. The molecule has 1 unspecified atom stereocenters. The van der Waals surface area contributed by atoms with Crippen LogP contribution < -0.4 is 10.2 Å². The summed E-state index contributed by atoms with van der Waals surface area (Å²) in [5, 5.41) is 2.78. The first-order valence-electron chi connectivity index (χ1n) is 8.14. The van der Waals surface area contributed by atoms with Gasteiger partial charge in [-0.1, -0.05) is 12.1 Å². The van der Waals surface area contributed by atoms with E-state index in [-0.39, 0.29) is 18.4 Å². The summed E-state index contributed by atoms with van der Waals surface area (Å²) in [6, 6.07) is 10.1. The molecule has 0 radical (unpaired) electrons. The van der Waals surface area contributed by atoms with Crippen LogP contribution in [0.3, 0.4) is 0 Å². The average molecular weight is 354 g/mol. The number of rotatable bonds is 4. The smallest absolute Gasteiger partial charge is 0.331 e. The van der Waals surface area contributed by atoms with Crippen LogP contribution in [0.5, 0.6) is 0 Å². The van der Waals surface area contributed by atoms with Crippen LogP contribution in [0.4, 0.5) is 11.4 Å². The Kier molecular flexibility index (Phi) is 5.17. The molecule has 0 fully saturated rings. The largest absolute Gasteiger partial charge is 0.465 e. The molecular weight excluding hydrogens is 336 g/mol. The molecule has 0 spiro atoms.